The van der Waals surface area contributed by atoms with Crippen molar-refractivity contribution in [2.75, 3.05) is 12.3 Å². The summed E-state index contributed by atoms with van der Waals surface area (Å²) >= 11 is 0. The number of nitrogen functional groups attached to an aromatic ring is 1. The van der Waals surface area contributed by atoms with Gasteiger partial charge in [-0.15, -0.1) is 0 Å². The Hall–Kier alpha value is -2.30. The minimum Gasteiger partial charge on any atom is -0.493 e. The van der Waals surface area contributed by atoms with Crippen LogP contribution < -0.4 is 16.2 Å². The first-order chi connectivity index (χ1) is 8.63. The van der Waals surface area contributed by atoms with E-state index in [2.05, 4.69) is 9.97 Å². The average molecular weight is 245 g/mol. The number of nitrogens with two attached hydrogens (primary N) is 1. The average Bonchev–Trinajstić information content (AvgIpc) is 2.27. The highest BCUT2D eigenvalue weighted by atomic mass is 16.5. The van der Waals surface area contributed by atoms with Gasteiger partial charge in [-0.2, -0.15) is 4.98 Å². The number of aryl methyl sites for hydroxylation is 1. The van der Waals surface area contributed by atoms with Gasteiger partial charge in [-0.3, -0.25) is 0 Å². The van der Waals surface area contributed by atoms with Gasteiger partial charge in [0.25, 0.3) is 0 Å². The predicted molar refractivity (Wildman–Crippen MR) is 69.6 cm³/mol. The number of ether oxygens (including phenoxy) is 1. The molecule has 18 heavy (non-hydrogen) atoms. The zero-order valence-electron chi connectivity index (χ0n) is 10.1. The molecule has 0 aliphatic heterocycles. The summed E-state index contributed by atoms with van der Waals surface area (Å²) < 4.78 is 5.54. The van der Waals surface area contributed by atoms with Crippen molar-refractivity contribution in [3.8, 4) is 5.75 Å². The van der Waals surface area contributed by atoms with E-state index in [-0.39, 0.29) is 5.69 Å². The zero-order chi connectivity index (χ0) is 13.0. The van der Waals surface area contributed by atoms with E-state index in [0.717, 1.165) is 17.1 Å². The van der Waals surface area contributed by atoms with Gasteiger partial charge in [-0.1, -0.05) is 6.07 Å². The van der Waals surface area contributed by atoms with E-state index in [1.165, 1.54) is 0 Å². The number of hydrogen-bond acceptors (Lipinski definition) is 4. The maximum atomic E-state index is 11.2. The molecule has 0 atom stereocenters. The van der Waals surface area contributed by atoms with Crippen LogP contribution in [-0.4, -0.2) is 16.6 Å². The van der Waals surface area contributed by atoms with Crippen LogP contribution in [0.3, 0.4) is 0 Å². The van der Waals surface area contributed by atoms with Crippen molar-refractivity contribution in [3.05, 3.63) is 52.2 Å². The molecule has 0 aliphatic rings. The van der Waals surface area contributed by atoms with E-state index in [9.17, 15) is 4.79 Å². The Labute approximate surface area is 105 Å². The number of nitrogens with zero attached hydrogens (tertiary/aromatic N) is 1. The third-order valence-electron chi connectivity index (χ3n) is 2.42. The summed E-state index contributed by atoms with van der Waals surface area (Å²) in [5.74, 6) is 0.719. The van der Waals surface area contributed by atoms with Gasteiger partial charge in [0.1, 0.15) is 5.75 Å². The summed E-state index contributed by atoms with van der Waals surface area (Å²) in [6.45, 7) is 2.28. The van der Waals surface area contributed by atoms with Crippen molar-refractivity contribution in [2.45, 2.75) is 13.3 Å². The number of rotatable bonds is 4. The third-order valence-corrected chi connectivity index (χ3v) is 2.42. The van der Waals surface area contributed by atoms with Gasteiger partial charge in [-0.05, 0) is 25.1 Å². The van der Waals surface area contributed by atoms with E-state index in [1.54, 1.807) is 12.1 Å². The summed E-state index contributed by atoms with van der Waals surface area (Å²) in [5, 5.41) is 0. The molecule has 0 fully saturated rings. The zero-order valence-corrected chi connectivity index (χ0v) is 10.1. The third kappa shape index (κ3) is 3.35. The summed E-state index contributed by atoms with van der Waals surface area (Å²) in [7, 11) is 0. The molecular weight excluding hydrogens is 230 g/mol. The Balaban J connectivity index is 1.94. The lowest BCUT2D eigenvalue weighted by atomic mass is 10.2. The number of nitrogens with one attached hydrogen (secondary N) is 1. The van der Waals surface area contributed by atoms with Crippen LogP contribution in [0.5, 0.6) is 5.75 Å². The quantitative estimate of drug-likeness (QED) is 0.795. The van der Waals surface area contributed by atoms with Gasteiger partial charge in [0.15, 0.2) is 0 Å². The highest BCUT2D eigenvalue weighted by Gasteiger charge is 1.99. The van der Waals surface area contributed by atoms with E-state index in [1.807, 2.05) is 25.1 Å². The SMILES string of the molecule is Cc1cc(CCOc2cccc(N)c2)nc(=O)[nH]1. The fourth-order valence-corrected chi connectivity index (χ4v) is 1.65. The first kappa shape index (κ1) is 12.2. The first-order valence-electron chi connectivity index (χ1n) is 5.69. The lowest BCUT2D eigenvalue weighted by Gasteiger charge is -2.06. The van der Waals surface area contributed by atoms with E-state index in [4.69, 9.17) is 10.5 Å². The molecule has 0 bridgehead atoms. The van der Waals surface area contributed by atoms with Crippen molar-refractivity contribution >= 4 is 5.69 Å². The minimum atomic E-state index is -0.325. The lowest BCUT2D eigenvalue weighted by Crippen LogP contribution is -2.15. The summed E-state index contributed by atoms with van der Waals surface area (Å²) in [5.41, 5.74) is 7.51. The number of H-pyrrole nitrogens is 1. The summed E-state index contributed by atoms with van der Waals surface area (Å²) in [6.07, 6.45) is 0.583. The number of hydrogen-bond donors (Lipinski definition) is 2. The van der Waals surface area contributed by atoms with E-state index in [0.29, 0.717) is 18.7 Å². The van der Waals surface area contributed by atoms with Crippen LogP contribution in [0.4, 0.5) is 5.69 Å². The molecule has 5 heteroatoms. The Morgan fingerprint density at radius 3 is 2.94 bits per heavy atom. The van der Waals surface area contributed by atoms with Gasteiger partial charge in [0.2, 0.25) is 0 Å². The van der Waals surface area contributed by atoms with E-state index < -0.39 is 0 Å². The second-order valence-electron chi connectivity index (χ2n) is 4.03. The highest BCUT2D eigenvalue weighted by Crippen LogP contribution is 2.14. The number of aromatic amines is 1. The van der Waals surface area contributed by atoms with Crippen LogP contribution in [0.2, 0.25) is 0 Å². The molecule has 1 aromatic heterocycles. The van der Waals surface area contributed by atoms with E-state index >= 15 is 0 Å². The standard InChI is InChI=1S/C13H15N3O2/c1-9-7-11(16-13(17)15-9)5-6-18-12-4-2-3-10(14)8-12/h2-4,7-8H,5-6,14H2,1H3,(H,15,16,17). The van der Waals surface area contributed by atoms with Crippen LogP contribution in [-0.2, 0) is 6.42 Å². The monoisotopic (exact) mass is 245 g/mol. The maximum absolute atomic E-state index is 11.2. The molecular formula is C13H15N3O2. The van der Waals surface area contributed by atoms with Crippen LogP contribution in [0, 0.1) is 6.92 Å². The number of benzene rings is 1. The largest absolute Gasteiger partial charge is 0.493 e. The summed E-state index contributed by atoms with van der Waals surface area (Å²) in [4.78, 5) is 17.6. The Morgan fingerprint density at radius 1 is 1.39 bits per heavy atom. The second kappa shape index (κ2) is 5.35. The van der Waals surface area contributed by atoms with Crippen molar-refractivity contribution in [2.24, 2.45) is 0 Å². The topological polar surface area (TPSA) is 81.0 Å². The molecule has 2 rings (SSSR count). The molecule has 1 heterocycles. The smallest absolute Gasteiger partial charge is 0.345 e. The van der Waals surface area contributed by atoms with Gasteiger partial charge in [-0.25, -0.2) is 4.79 Å². The molecule has 3 N–H and O–H groups in total. The van der Waals surface area contributed by atoms with Crippen LogP contribution >= 0.6 is 0 Å². The molecule has 94 valence electrons. The summed E-state index contributed by atoms with van der Waals surface area (Å²) in [6, 6.07) is 9.07. The Morgan fingerprint density at radius 2 is 2.22 bits per heavy atom. The van der Waals surface area contributed by atoms with Crippen molar-refractivity contribution in [1.82, 2.24) is 9.97 Å². The molecule has 0 unspecified atom stereocenters. The normalized spacial score (nSPS) is 10.3. The van der Waals surface area contributed by atoms with Gasteiger partial charge < -0.3 is 15.5 Å². The van der Waals surface area contributed by atoms with Gasteiger partial charge in [0.05, 0.1) is 12.3 Å². The Bertz CT molecular complexity index is 593. The molecule has 0 saturated heterocycles. The molecule has 2 aromatic rings. The van der Waals surface area contributed by atoms with Gasteiger partial charge in [0, 0.05) is 23.9 Å². The molecule has 0 spiro atoms. The van der Waals surface area contributed by atoms with Crippen molar-refractivity contribution < 1.29 is 4.74 Å². The molecule has 5 nitrogen and oxygen atoms in total. The minimum absolute atomic E-state index is 0.325. The van der Waals surface area contributed by atoms with Gasteiger partial charge >= 0.3 is 5.69 Å². The first-order valence-corrected chi connectivity index (χ1v) is 5.69. The maximum Gasteiger partial charge on any atom is 0.345 e. The molecule has 0 aliphatic carbocycles. The fourth-order valence-electron chi connectivity index (χ4n) is 1.65. The second-order valence-corrected chi connectivity index (χ2v) is 4.03. The van der Waals surface area contributed by atoms with Crippen LogP contribution in [0.15, 0.2) is 35.1 Å². The molecule has 0 radical (unpaired) electrons. The molecule has 0 amide bonds. The molecule has 0 saturated carbocycles. The van der Waals surface area contributed by atoms with Crippen LogP contribution in [0.25, 0.3) is 0 Å². The molecule has 1 aromatic carbocycles. The highest BCUT2D eigenvalue weighted by molar-refractivity contribution is 5.43. The van der Waals surface area contributed by atoms with Crippen molar-refractivity contribution in [3.63, 3.8) is 0 Å². The van der Waals surface area contributed by atoms with Crippen LogP contribution in [0.1, 0.15) is 11.4 Å². The number of anilines is 1. The predicted octanol–water partition coefficient (Wildman–Crippen LogP) is 1.28. The fraction of sp³-hybridized carbons (Fsp3) is 0.231. The lowest BCUT2D eigenvalue weighted by molar-refractivity contribution is 0.320. The Kier molecular flexibility index (Phi) is 3.62. The number of aromatic nitrogens is 2. The van der Waals surface area contributed by atoms with Crippen molar-refractivity contribution in [1.29, 1.82) is 0 Å².